The Balaban J connectivity index is 1.63. The Morgan fingerprint density at radius 3 is 2.12 bits per heavy atom. The summed E-state index contributed by atoms with van der Waals surface area (Å²) in [5, 5.41) is 13.9. The number of amidine groups is 1. The second-order valence-corrected chi connectivity index (χ2v) is 9.55. The lowest BCUT2D eigenvalue weighted by Gasteiger charge is -2.27. The number of thiophene rings is 1. The first-order valence-electron chi connectivity index (χ1n) is 11.3. The fourth-order valence-electron chi connectivity index (χ4n) is 4.38. The van der Waals surface area contributed by atoms with E-state index in [0.717, 1.165) is 30.5 Å². The number of carbonyl (C=O) groups excluding carboxylic acids is 2. The van der Waals surface area contributed by atoms with Crippen molar-refractivity contribution in [3.63, 3.8) is 0 Å². The predicted octanol–water partition coefficient (Wildman–Crippen LogP) is 2.67. The number of amides is 1. The Hall–Kier alpha value is -3.33. The number of benzene rings is 2. The van der Waals surface area contributed by atoms with Crippen LogP contribution in [-0.4, -0.2) is 36.2 Å². The van der Waals surface area contributed by atoms with Crippen molar-refractivity contribution in [2.45, 2.75) is 36.9 Å². The third-order valence-electron chi connectivity index (χ3n) is 6.13. The molecule has 2 aromatic carbocycles. The lowest BCUT2D eigenvalue weighted by molar-refractivity contribution is -0.129. The summed E-state index contributed by atoms with van der Waals surface area (Å²) >= 11 is 1.24. The Morgan fingerprint density at radius 1 is 1.00 bits per heavy atom. The maximum Gasteiger partial charge on any atom is 0.238 e. The van der Waals surface area contributed by atoms with Crippen LogP contribution < -0.4 is 22.1 Å². The first kappa shape index (κ1) is 23.8. The van der Waals surface area contributed by atoms with E-state index < -0.39 is 18.0 Å². The fraction of sp³-hybridized carbons (Fsp3) is 0.269. The molecule has 0 saturated carbocycles. The topological polar surface area (TPSA) is 134 Å². The minimum Gasteiger partial charge on any atom is -0.383 e. The average molecular weight is 476 g/mol. The van der Waals surface area contributed by atoms with E-state index in [9.17, 15) is 9.59 Å². The number of hydrogen-bond acceptors (Lipinski definition) is 6. The van der Waals surface area contributed by atoms with Gasteiger partial charge in [0.05, 0.1) is 17.0 Å². The van der Waals surface area contributed by atoms with Crippen LogP contribution in [0.5, 0.6) is 0 Å². The van der Waals surface area contributed by atoms with Gasteiger partial charge in [0.25, 0.3) is 0 Å². The molecule has 8 heteroatoms. The molecule has 3 aromatic rings. The van der Waals surface area contributed by atoms with Crippen LogP contribution in [0.4, 0.5) is 0 Å². The van der Waals surface area contributed by atoms with E-state index in [2.05, 4.69) is 10.6 Å². The highest BCUT2D eigenvalue weighted by Crippen LogP contribution is 2.30. The number of nitrogen functional groups attached to an aromatic ring is 1. The highest BCUT2D eigenvalue weighted by molar-refractivity contribution is 7.14. The van der Waals surface area contributed by atoms with E-state index >= 15 is 0 Å². The fourth-order valence-corrected chi connectivity index (χ4v) is 5.31. The molecule has 1 aliphatic rings. The second kappa shape index (κ2) is 10.7. The van der Waals surface area contributed by atoms with Gasteiger partial charge in [-0.2, -0.15) is 0 Å². The van der Waals surface area contributed by atoms with Gasteiger partial charge in [0, 0.05) is 10.8 Å². The molecule has 1 amide bonds. The number of carbonyl (C=O) groups is 2. The molecule has 1 saturated heterocycles. The van der Waals surface area contributed by atoms with Crippen molar-refractivity contribution in [2.24, 2.45) is 11.5 Å². The van der Waals surface area contributed by atoms with Gasteiger partial charge in [-0.1, -0.05) is 60.7 Å². The van der Waals surface area contributed by atoms with Crippen molar-refractivity contribution in [1.29, 1.82) is 5.41 Å². The van der Waals surface area contributed by atoms with Crippen LogP contribution in [0, 0.1) is 5.41 Å². The Morgan fingerprint density at radius 2 is 1.62 bits per heavy atom. The van der Waals surface area contributed by atoms with Crippen molar-refractivity contribution in [2.75, 3.05) is 6.54 Å². The molecule has 0 bridgehead atoms. The summed E-state index contributed by atoms with van der Waals surface area (Å²) < 4.78 is 0. The van der Waals surface area contributed by atoms with E-state index in [0.29, 0.717) is 9.75 Å². The molecule has 0 radical (unpaired) electrons. The molecular weight excluding hydrogens is 446 g/mol. The lowest BCUT2D eigenvalue weighted by Crippen LogP contribution is -2.49. The van der Waals surface area contributed by atoms with Crippen LogP contribution >= 0.6 is 11.3 Å². The van der Waals surface area contributed by atoms with E-state index in [-0.39, 0.29) is 23.6 Å². The monoisotopic (exact) mass is 475 g/mol. The summed E-state index contributed by atoms with van der Waals surface area (Å²) in [5.74, 6) is -0.964. The normalized spacial score (nSPS) is 17.3. The van der Waals surface area contributed by atoms with Gasteiger partial charge >= 0.3 is 0 Å². The summed E-state index contributed by atoms with van der Waals surface area (Å²) in [4.78, 5) is 28.1. The Labute approximate surface area is 203 Å². The smallest absolute Gasteiger partial charge is 0.238 e. The minimum atomic E-state index is -0.913. The Bertz CT molecular complexity index is 1100. The van der Waals surface area contributed by atoms with Crippen LogP contribution in [0.2, 0.25) is 0 Å². The number of Topliss-reactive ketones (excluding diaryl/α,β-unsaturated/α-hetero) is 1. The van der Waals surface area contributed by atoms with E-state index in [1.165, 1.54) is 11.3 Å². The second-order valence-electron chi connectivity index (χ2n) is 8.43. The maximum absolute atomic E-state index is 13.5. The van der Waals surface area contributed by atoms with Gasteiger partial charge in [-0.3, -0.25) is 15.0 Å². The van der Waals surface area contributed by atoms with Gasteiger partial charge in [-0.25, -0.2) is 0 Å². The molecule has 3 atom stereocenters. The summed E-state index contributed by atoms with van der Waals surface area (Å²) in [6, 6.07) is 20.7. The third-order valence-corrected chi connectivity index (χ3v) is 7.31. The van der Waals surface area contributed by atoms with Crippen molar-refractivity contribution < 1.29 is 9.59 Å². The largest absolute Gasteiger partial charge is 0.383 e. The number of hydrogen-bond donors (Lipinski definition) is 5. The van der Waals surface area contributed by atoms with E-state index in [1.54, 1.807) is 12.1 Å². The summed E-state index contributed by atoms with van der Waals surface area (Å²) in [7, 11) is 0. The van der Waals surface area contributed by atoms with Gasteiger partial charge in [0.2, 0.25) is 5.91 Å². The van der Waals surface area contributed by atoms with Gasteiger partial charge in [-0.05, 0) is 42.6 Å². The average Bonchev–Trinajstić information content (AvgIpc) is 3.56. The summed E-state index contributed by atoms with van der Waals surface area (Å²) in [6.45, 7) is 0.768. The molecule has 1 unspecified atom stereocenters. The molecule has 1 fully saturated rings. The summed E-state index contributed by atoms with van der Waals surface area (Å²) in [6.07, 6.45) is 1.63. The van der Waals surface area contributed by atoms with E-state index in [1.807, 2.05) is 60.7 Å². The zero-order valence-electron chi connectivity index (χ0n) is 18.7. The summed E-state index contributed by atoms with van der Waals surface area (Å²) in [5.41, 5.74) is 14.0. The molecule has 4 rings (SSSR count). The number of ketones is 1. The maximum atomic E-state index is 13.5. The number of nitrogens with two attached hydrogens (primary N) is 2. The molecule has 0 spiro atoms. The molecule has 176 valence electrons. The van der Waals surface area contributed by atoms with Gasteiger partial charge < -0.3 is 22.1 Å². The van der Waals surface area contributed by atoms with Gasteiger partial charge in [-0.15, -0.1) is 11.3 Å². The first-order valence-corrected chi connectivity index (χ1v) is 12.1. The quantitative estimate of drug-likeness (QED) is 0.240. The third kappa shape index (κ3) is 5.25. The zero-order chi connectivity index (χ0) is 24.1. The molecule has 1 aliphatic heterocycles. The van der Waals surface area contributed by atoms with Crippen LogP contribution in [0.15, 0.2) is 72.8 Å². The standard InChI is InChI=1S/C26H29N5O2S/c27-22(21(16-8-3-1-4-9-16)17-10-5-2-6-11-17)26(33)31-23(24(32)18-12-7-15-30-18)19-13-14-20(34-19)25(28)29/h1-6,8-11,13-14,18,21-23,30H,7,12,15,27H2,(H3,28,29)(H,31,33)/t18-,22+,23?/m0/s1. The van der Waals surface area contributed by atoms with Crippen LogP contribution in [0.1, 0.15) is 45.7 Å². The molecule has 0 aliphatic carbocycles. The highest BCUT2D eigenvalue weighted by atomic mass is 32.1. The molecule has 7 nitrogen and oxygen atoms in total. The van der Waals surface area contributed by atoms with Gasteiger partial charge in [0.1, 0.15) is 11.9 Å². The number of rotatable bonds is 9. The van der Waals surface area contributed by atoms with Crippen LogP contribution in [0.25, 0.3) is 0 Å². The lowest BCUT2D eigenvalue weighted by atomic mass is 9.85. The molecule has 34 heavy (non-hydrogen) atoms. The Kier molecular flexibility index (Phi) is 7.52. The first-order chi connectivity index (χ1) is 16.5. The van der Waals surface area contributed by atoms with Crippen LogP contribution in [-0.2, 0) is 9.59 Å². The van der Waals surface area contributed by atoms with Crippen molar-refractivity contribution in [3.8, 4) is 0 Å². The zero-order valence-corrected chi connectivity index (χ0v) is 19.6. The molecule has 2 heterocycles. The van der Waals surface area contributed by atoms with Crippen molar-refractivity contribution >= 4 is 28.9 Å². The van der Waals surface area contributed by atoms with Crippen molar-refractivity contribution in [1.82, 2.24) is 10.6 Å². The molecule has 1 aromatic heterocycles. The SMILES string of the molecule is N=C(N)c1ccc(C(NC(=O)[C@H](N)C(c2ccccc2)c2ccccc2)C(=O)[C@@H]2CCCN2)s1. The highest BCUT2D eigenvalue weighted by Gasteiger charge is 2.35. The van der Waals surface area contributed by atoms with Crippen LogP contribution in [0.3, 0.4) is 0 Å². The predicted molar refractivity (Wildman–Crippen MR) is 135 cm³/mol. The molecular formula is C26H29N5O2S. The van der Waals surface area contributed by atoms with E-state index in [4.69, 9.17) is 16.9 Å². The molecule has 7 N–H and O–H groups in total. The van der Waals surface area contributed by atoms with Crippen molar-refractivity contribution in [3.05, 3.63) is 93.7 Å². The minimum absolute atomic E-state index is 0.0716. The van der Waals surface area contributed by atoms with Gasteiger partial charge in [0.15, 0.2) is 5.78 Å². The number of nitrogens with one attached hydrogen (secondary N) is 3.